The Morgan fingerprint density at radius 2 is 1.88 bits per heavy atom. The van der Waals surface area contributed by atoms with Crippen LogP contribution in [0.3, 0.4) is 0 Å². The van der Waals surface area contributed by atoms with Gasteiger partial charge in [-0.25, -0.2) is 4.39 Å². The number of halogens is 2. The van der Waals surface area contributed by atoms with E-state index in [0.717, 1.165) is 5.56 Å². The van der Waals surface area contributed by atoms with E-state index in [4.69, 9.17) is 21.4 Å². The molecule has 0 saturated carbocycles. The molecule has 2 aromatic rings. The van der Waals surface area contributed by atoms with E-state index in [-0.39, 0.29) is 31.2 Å². The van der Waals surface area contributed by atoms with Crippen molar-refractivity contribution in [3.8, 4) is 5.75 Å². The van der Waals surface area contributed by atoms with Gasteiger partial charge in [0.1, 0.15) is 18.2 Å². The van der Waals surface area contributed by atoms with E-state index in [0.29, 0.717) is 29.3 Å². The zero-order chi connectivity index (χ0) is 18.9. The average Bonchev–Trinajstić information content (AvgIpc) is 2.60. The van der Waals surface area contributed by atoms with Crippen LogP contribution in [0.15, 0.2) is 42.5 Å². The molecule has 0 bridgehead atoms. The fraction of sp³-hybridized carbons (Fsp3) is 0.263. The summed E-state index contributed by atoms with van der Waals surface area (Å²) in [5.41, 5.74) is 1.21. The van der Waals surface area contributed by atoms with Gasteiger partial charge in [0.2, 0.25) is 5.91 Å². The molecule has 1 amide bonds. The SMILES string of the molecule is O=C(O)CCC(=O)NCCc1cc(Cl)ccc1OCc1ccccc1F. The zero-order valence-electron chi connectivity index (χ0n) is 14.0. The van der Waals surface area contributed by atoms with Crippen molar-refractivity contribution >= 4 is 23.5 Å². The molecule has 26 heavy (non-hydrogen) atoms. The number of carbonyl (C=O) groups is 2. The van der Waals surface area contributed by atoms with Crippen LogP contribution in [0.4, 0.5) is 4.39 Å². The second kappa shape index (κ2) is 9.77. The third-order valence-corrected chi connectivity index (χ3v) is 3.88. The predicted octanol–water partition coefficient (Wildman–Crippen LogP) is 3.58. The molecule has 0 atom stereocenters. The maximum Gasteiger partial charge on any atom is 0.303 e. The lowest BCUT2D eigenvalue weighted by Crippen LogP contribution is -2.26. The molecule has 5 nitrogen and oxygen atoms in total. The highest BCUT2D eigenvalue weighted by Gasteiger charge is 2.09. The number of aliphatic carboxylic acids is 1. The van der Waals surface area contributed by atoms with Crippen LogP contribution >= 0.6 is 11.6 Å². The molecule has 2 rings (SSSR count). The summed E-state index contributed by atoms with van der Waals surface area (Å²) in [7, 11) is 0. The highest BCUT2D eigenvalue weighted by molar-refractivity contribution is 6.30. The van der Waals surface area contributed by atoms with E-state index in [1.807, 2.05) is 0 Å². The maximum absolute atomic E-state index is 13.7. The molecular formula is C19H19ClFNO4. The Labute approximate surface area is 155 Å². The molecule has 7 heteroatoms. The largest absolute Gasteiger partial charge is 0.489 e. The van der Waals surface area contributed by atoms with Gasteiger partial charge in [-0.05, 0) is 36.2 Å². The van der Waals surface area contributed by atoms with Crippen LogP contribution in [0.1, 0.15) is 24.0 Å². The summed E-state index contributed by atoms with van der Waals surface area (Å²) in [5, 5.41) is 11.7. The second-order valence-electron chi connectivity index (χ2n) is 5.63. The number of carbonyl (C=O) groups excluding carboxylic acids is 1. The Bertz CT molecular complexity index is 782. The number of rotatable bonds is 9. The summed E-state index contributed by atoms with van der Waals surface area (Å²) >= 11 is 6.02. The van der Waals surface area contributed by atoms with Crippen LogP contribution in [0.5, 0.6) is 5.75 Å². The number of hydrogen-bond acceptors (Lipinski definition) is 3. The third kappa shape index (κ3) is 6.37. The van der Waals surface area contributed by atoms with Gasteiger partial charge in [-0.3, -0.25) is 9.59 Å². The minimum absolute atomic E-state index is 0.0679. The van der Waals surface area contributed by atoms with E-state index in [2.05, 4.69) is 5.32 Å². The number of ether oxygens (including phenoxy) is 1. The van der Waals surface area contributed by atoms with E-state index in [9.17, 15) is 14.0 Å². The summed E-state index contributed by atoms with van der Waals surface area (Å²) in [6.45, 7) is 0.390. The molecule has 0 heterocycles. The van der Waals surface area contributed by atoms with Gasteiger partial charge < -0.3 is 15.2 Å². The van der Waals surface area contributed by atoms with Gasteiger partial charge in [0.15, 0.2) is 0 Å². The first-order valence-electron chi connectivity index (χ1n) is 8.09. The van der Waals surface area contributed by atoms with E-state index < -0.39 is 5.97 Å². The summed E-state index contributed by atoms with van der Waals surface area (Å²) in [6, 6.07) is 11.5. The molecule has 0 fully saturated rings. The van der Waals surface area contributed by atoms with E-state index in [1.165, 1.54) is 6.07 Å². The highest BCUT2D eigenvalue weighted by Crippen LogP contribution is 2.24. The van der Waals surface area contributed by atoms with Crippen LogP contribution in [0.2, 0.25) is 5.02 Å². The number of carboxylic acids is 1. The van der Waals surface area contributed by atoms with E-state index >= 15 is 0 Å². The second-order valence-corrected chi connectivity index (χ2v) is 6.06. The standard InChI is InChI=1S/C19H19ClFNO4/c20-15-5-6-17(26-12-14-3-1-2-4-16(14)21)13(11-15)9-10-22-18(23)7-8-19(24)25/h1-6,11H,7-10,12H2,(H,22,23)(H,24,25). The molecule has 2 N–H and O–H groups in total. The molecule has 0 unspecified atom stereocenters. The summed E-state index contributed by atoms with van der Waals surface area (Å²) in [4.78, 5) is 22.0. The first-order valence-corrected chi connectivity index (χ1v) is 8.46. The number of benzene rings is 2. The van der Waals surface area contributed by atoms with Crippen molar-refractivity contribution in [3.05, 3.63) is 64.4 Å². The Hall–Kier alpha value is -2.60. The van der Waals surface area contributed by atoms with Gasteiger partial charge in [-0.2, -0.15) is 0 Å². The van der Waals surface area contributed by atoms with Crippen molar-refractivity contribution < 1.29 is 23.8 Å². The topological polar surface area (TPSA) is 75.6 Å². The first kappa shape index (κ1) is 19.7. The lowest BCUT2D eigenvalue weighted by Gasteiger charge is -2.13. The number of hydrogen-bond donors (Lipinski definition) is 2. The van der Waals surface area contributed by atoms with Crippen LogP contribution in [0.25, 0.3) is 0 Å². The van der Waals surface area contributed by atoms with Gasteiger partial charge in [-0.1, -0.05) is 29.8 Å². The molecule has 0 aromatic heterocycles. The minimum Gasteiger partial charge on any atom is -0.489 e. The van der Waals surface area contributed by atoms with Crippen molar-refractivity contribution in [2.75, 3.05) is 6.54 Å². The number of carboxylic acid groups (broad SMARTS) is 1. The van der Waals surface area contributed by atoms with Crippen molar-refractivity contribution in [2.24, 2.45) is 0 Å². The summed E-state index contributed by atoms with van der Waals surface area (Å²) in [5.74, 6) is -1.13. The molecular weight excluding hydrogens is 361 g/mol. The van der Waals surface area contributed by atoms with Gasteiger partial charge in [0.05, 0.1) is 6.42 Å². The lowest BCUT2D eigenvalue weighted by atomic mass is 10.1. The smallest absolute Gasteiger partial charge is 0.303 e. The minimum atomic E-state index is -1.01. The molecule has 0 spiro atoms. The molecule has 0 aliphatic rings. The normalized spacial score (nSPS) is 10.4. The van der Waals surface area contributed by atoms with Gasteiger partial charge in [-0.15, -0.1) is 0 Å². The molecule has 0 saturated heterocycles. The number of amides is 1. The Balaban J connectivity index is 1.93. The Morgan fingerprint density at radius 3 is 2.62 bits per heavy atom. The molecule has 0 radical (unpaired) electrons. The van der Waals surface area contributed by atoms with Crippen LogP contribution in [-0.2, 0) is 22.6 Å². The number of nitrogens with one attached hydrogen (secondary N) is 1. The zero-order valence-corrected chi connectivity index (χ0v) is 14.8. The summed E-state index contributed by atoms with van der Waals surface area (Å²) < 4.78 is 19.4. The van der Waals surface area contributed by atoms with Gasteiger partial charge in [0.25, 0.3) is 0 Å². The monoisotopic (exact) mass is 379 g/mol. The summed E-state index contributed by atoms with van der Waals surface area (Å²) in [6.07, 6.45) is 0.174. The third-order valence-electron chi connectivity index (χ3n) is 3.65. The quantitative estimate of drug-likeness (QED) is 0.698. The lowest BCUT2D eigenvalue weighted by molar-refractivity contribution is -0.138. The molecule has 138 valence electrons. The average molecular weight is 380 g/mol. The van der Waals surface area contributed by atoms with Crippen molar-refractivity contribution in [2.45, 2.75) is 25.9 Å². The maximum atomic E-state index is 13.7. The van der Waals surface area contributed by atoms with Gasteiger partial charge >= 0.3 is 5.97 Å². The van der Waals surface area contributed by atoms with Crippen LogP contribution in [-0.4, -0.2) is 23.5 Å². The Morgan fingerprint density at radius 1 is 1.12 bits per heavy atom. The predicted molar refractivity (Wildman–Crippen MR) is 95.8 cm³/mol. The van der Waals surface area contributed by atoms with Crippen LogP contribution < -0.4 is 10.1 Å². The van der Waals surface area contributed by atoms with Crippen molar-refractivity contribution in [1.82, 2.24) is 5.32 Å². The Kier molecular flexibility index (Phi) is 7.41. The molecule has 0 aliphatic heterocycles. The highest BCUT2D eigenvalue weighted by atomic mass is 35.5. The van der Waals surface area contributed by atoms with Gasteiger partial charge in [0, 0.05) is 23.6 Å². The van der Waals surface area contributed by atoms with E-state index in [1.54, 1.807) is 36.4 Å². The van der Waals surface area contributed by atoms with Crippen molar-refractivity contribution in [1.29, 1.82) is 0 Å². The van der Waals surface area contributed by atoms with Crippen LogP contribution in [0, 0.1) is 5.82 Å². The van der Waals surface area contributed by atoms with Crippen molar-refractivity contribution in [3.63, 3.8) is 0 Å². The molecule has 2 aromatic carbocycles. The molecule has 0 aliphatic carbocycles. The fourth-order valence-corrected chi connectivity index (χ4v) is 2.50. The first-order chi connectivity index (χ1) is 12.5. The fourth-order valence-electron chi connectivity index (χ4n) is 2.30.